The van der Waals surface area contributed by atoms with Crippen molar-refractivity contribution in [2.24, 2.45) is 5.73 Å². The lowest BCUT2D eigenvalue weighted by Crippen LogP contribution is -2.21. The molecule has 1 saturated carbocycles. The number of nitrogens with one attached hydrogen (secondary N) is 1. The Bertz CT molecular complexity index is 883. The van der Waals surface area contributed by atoms with E-state index >= 15 is 0 Å². The summed E-state index contributed by atoms with van der Waals surface area (Å²) in [7, 11) is 0. The van der Waals surface area contributed by atoms with Crippen LogP contribution in [0.25, 0.3) is 15.8 Å². The molecule has 0 radical (unpaired) electrons. The van der Waals surface area contributed by atoms with Crippen LogP contribution in [-0.2, 0) is 0 Å². The van der Waals surface area contributed by atoms with Gasteiger partial charge in [0.2, 0.25) is 0 Å². The lowest BCUT2D eigenvalue weighted by atomic mass is 10.2. The Balaban J connectivity index is 1.59. The molecule has 0 saturated heterocycles. The molecule has 0 aromatic carbocycles. The topological polar surface area (TPSA) is 72.9 Å². The van der Waals surface area contributed by atoms with E-state index in [1.165, 1.54) is 11.3 Å². The molecule has 0 unspecified atom stereocenters. The number of thiophene rings is 1. The third kappa shape index (κ3) is 2.75. The summed E-state index contributed by atoms with van der Waals surface area (Å²) in [5, 5.41) is 6.34. The molecule has 1 aliphatic rings. The van der Waals surface area contributed by atoms with E-state index in [1.54, 1.807) is 17.0 Å². The molecule has 0 amide bonds. The molecule has 3 aromatic heterocycles. The fourth-order valence-electron chi connectivity index (χ4n) is 3.13. The van der Waals surface area contributed by atoms with E-state index in [9.17, 15) is 4.79 Å². The molecule has 3 N–H and O–H groups in total. The average molecular weight is 326 g/mol. The number of pyridine rings is 2. The first-order chi connectivity index (χ1) is 11.2. The zero-order valence-electron chi connectivity index (χ0n) is 12.6. The van der Waals surface area contributed by atoms with Crippen molar-refractivity contribution in [1.82, 2.24) is 9.55 Å². The number of nitrogens with two attached hydrogens (primary N) is 1. The predicted molar refractivity (Wildman–Crippen MR) is 94.5 cm³/mol. The molecule has 3 aromatic rings. The minimum absolute atomic E-state index is 0.00164. The predicted octanol–water partition coefficient (Wildman–Crippen LogP) is 2.74. The third-order valence-electron chi connectivity index (χ3n) is 4.36. The molecular formula is C17H18N4OS. The van der Waals surface area contributed by atoms with Crippen molar-refractivity contribution < 1.29 is 0 Å². The van der Waals surface area contributed by atoms with Gasteiger partial charge in [-0.05, 0) is 54.3 Å². The van der Waals surface area contributed by atoms with Crippen LogP contribution in [0.5, 0.6) is 0 Å². The van der Waals surface area contributed by atoms with E-state index in [-0.39, 0.29) is 5.56 Å². The molecular weight excluding hydrogens is 308 g/mol. The maximum absolute atomic E-state index is 12.5. The van der Waals surface area contributed by atoms with Gasteiger partial charge in [0.1, 0.15) is 10.5 Å². The van der Waals surface area contributed by atoms with Crippen LogP contribution in [0.4, 0.5) is 5.82 Å². The van der Waals surface area contributed by atoms with Crippen molar-refractivity contribution in [2.75, 3.05) is 5.32 Å². The average Bonchev–Trinajstić information content (AvgIpc) is 3.18. The quantitative estimate of drug-likeness (QED) is 0.776. The Morgan fingerprint density at radius 2 is 2.17 bits per heavy atom. The van der Waals surface area contributed by atoms with E-state index in [2.05, 4.69) is 10.3 Å². The van der Waals surface area contributed by atoms with E-state index in [0.717, 1.165) is 40.9 Å². The Morgan fingerprint density at radius 3 is 2.91 bits per heavy atom. The smallest absolute Gasteiger partial charge is 0.273 e. The number of nitrogens with zero attached hydrogens (tertiary/aromatic N) is 2. The third-order valence-corrected chi connectivity index (χ3v) is 5.28. The highest BCUT2D eigenvalue weighted by molar-refractivity contribution is 7.17. The van der Waals surface area contributed by atoms with Gasteiger partial charge >= 0.3 is 0 Å². The van der Waals surface area contributed by atoms with Crippen LogP contribution >= 0.6 is 11.3 Å². The van der Waals surface area contributed by atoms with E-state index < -0.39 is 0 Å². The van der Waals surface area contributed by atoms with Gasteiger partial charge in [-0.1, -0.05) is 0 Å². The van der Waals surface area contributed by atoms with Gasteiger partial charge in [-0.15, -0.1) is 11.3 Å². The van der Waals surface area contributed by atoms with Gasteiger partial charge in [0.05, 0.1) is 11.9 Å². The highest BCUT2D eigenvalue weighted by Crippen LogP contribution is 2.21. The lowest BCUT2D eigenvalue weighted by Gasteiger charge is -2.13. The van der Waals surface area contributed by atoms with Crippen LogP contribution in [0.15, 0.2) is 46.8 Å². The highest BCUT2D eigenvalue weighted by atomic mass is 32.1. The largest absolute Gasteiger partial charge is 0.367 e. The molecule has 4 rings (SSSR count). The summed E-state index contributed by atoms with van der Waals surface area (Å²) in [5.74, 6) is 0.832. The standard InChI is InChI=1S/C17H18N4OS/c18-12-1-2-13(9-12)20-15-4-3-14(10-19-15)21-7-5-11-6-8-23-16(11)17(21)22/h3-8,10,12-13H,1-2,9,18H2,(H,19,20)/t12-,13-/m0/s1. The number of hydrogen-bond donors (Lipinski definition) is 2. The summed E-state index contributed by atoms with van der Waals surface area (Å²) in [6.07, 6.45) is 6.67. The zero-order valence-corrected chi connectivity index (χ0v) is 13.4. The summed E-state index contributed by atoms with van der Waals surface area (Å²) in [6.45, 7) is 0. The van der Waals surface area contributed by atoms with Crippen LogP contribution in [0, 0.1) is 0 Å². The van der Waals surface area contributed by atoms with Crippen molar-refractivity contribution >= 4 is 27.2 Å². The lowest BCUT2D eigenvalue weighted by molar-refractivity contribution is 0.686. The second kappa shape index (κ2) is 5.79. The van der Waals surface area contributed by atoms with Gasteiger partial charge in [0.25, 0.3) is 5.56 Å². The Hall–Kier alpha value is -2.18. The first-order valence-electron chi connectivity index (χ1n) is 7.78. The van der Waals surface area contributed by atoms with Crippen LogP contribution in [0.3, 0.4) is 0 Å². The maximum atomic E-state index is 12.5. The summed E-state index contributed by atoms with van der Waals surface area (Å²) < 4.78 is 2.41. The summed E-state index contributed by atoms with van der Waals surface area (Å²) in [6, 6.07) is 8.45. The molecule has 0 aliphatic heterocycles. The Morgan fingerprint density at radius 1 is 1.26 bits per heavy atom. The SMILES string of the molecule is N[C@H]1CC[C@H](Nc2ccc(-n3ccc4ccsc4c3=O)cn2)C1. The summed E-state index contributed by atoms with van der Waals surface area (Å²) >= 11 is 1.47. The number of rotatable bonds is 3. The first kappa shape index (κ1) is 14.4. The molecule has 3 heterocycles. The van der Waals surface area contributed by atoms with E-state index in [1.807, 2.05) is 29.6 Å². The van der Waals surface area contributed by atoms with Crippen molar-refractivity contribution in [1.29, 1.82) is 0 Å². The van der Waals surface area contributed by atoms with Gasteiger partial charge in [-0.25, -0.2) is 4.98 Å². The van der Waals surface area contributed by atoms with Crippen LogP contribution < -0.4 is 16.6 Å². The summed E-state index contributed by atoms with van der Waals surface area (Å²) in [4.78, 5) is 16.9. The Kier molecular flexibility index (Phi) is 3.63. The number of fused-ring (bicyclic) bond motifs is 1. The molecule has 6 heteroatoms. The van der Waals surface area contributed by atoms with Crippen LogP contribution in [0.2, 0.25) is 0 Å². The number of hydrogen-bond acceptors (Lipinski definition) is 5. The van der Waals surface area contributed by atoms with Crippen LogP contribution in [-0.4, -0.2) is 21.6 Å². The minimum Gasteiger partial charge on any atom is -0.367 e. The monoisotopic (exact) mass is 326 g/mol. The van der Waals surface area contributed by atoms with Gasteiger partial charge in [-0.3, -0.25) is 9.36 Å². The fraction of sp³-hybridized carbons (Fsp3) is 0.294. The van der Waals surface area contributed by atoms with Crippen molar-refractivity contribution in [2.45, 2.75) is 31.3 Å². The molecule has 23 heavy (non-hydrogen) atoms. The molecule has 0 bridgehead atoms. The van der Waals surface area contributed by atoms with Gasteiger partial charge in [-0.2, -0.15) is 0 Å². The Labute approximate surface area is 137 Å². The first-order valence-corrected chi connectivity index (χ1v) is 8.66. The molecule has 1 fully saturated rings. The van der Waals surface area contributed by atoms with E-state index in [0.29, 0.717) is 12.1 Å². The number of aromatic nitrogens is 2. The van der Waals surface area contributed by atoms with Crippen molar-refractivity contribution in [3.63, 3.8) is 0 Å². The fourth-order valence-corrected chi connectivity index (χ4v) is 3.95. The maximum Gasteiger partial charge on any atom is 0.273 e. The van der Waals surface area contributed by atoms with Gasteiger partial charge < -0.3 is 11.1 Å². The van der Waals surface area contributed by atoms with Crippen molar-refractivity contribution in [3.8, 4) is 5.69 Å². The molecule has 2 atom stereocenters. The summed E-state index contributed by atoms with van der Waals surface area (Å²) in [5.41, 5.74) is 6.71. The van der Waals surface area contributed by atoms with Crippen molar-refractivity contribution in [3.05, 3.63) is 52.4 Å². The molecule has 118 valence electrons. The highest BCUT2D eigenvalue weighted by Gasteiger charge is 2.21. The molecule has 5 nitrogen and oxygen atoms in total. The minimum atomic E-state index is 0.00164. The normalized spacial score (nSPS) is 20.9. The second-order valence-electron chi connectivity index (χ2n) is 6.01. The zero-order chi connectivity index (χ0) is 15.8. The second-order valence-corrected chi connectivity index (χ2v) is 6.93. The molecule has 1 aliphatic carbocycles. The van der Waals surface area contributed by atoms with Gasteiger partial charge in [0, 0.05) is 18.3 Å². The molecule has 0 spiro atoms. The van der Waals surface area contributed by atoms with Crippen LogP contribution in [0.1, 0.15) is 19.3 Å². The van der Waals surface area contributed by atoms with Gasteiger partial charge in [0.15, 0.2) is 0 Å². The number of anilines is 1. The van der Waals surface area contributed by atoms with E-state index in [4.69, 9.17) is 5.73 Å².